The molecule has 4 atom stereocenters. The molecule has 1 aliphatic carbocycles. The Bertz CT molecular complexity index is 1760. The lowest BCUT2D eigenvalue weighted by Gasteiger charge is -2.29. The van der Waals surface area contributed by atoms with Crippen LogP contribution in [0.5, 0.6) is 0 Å². The van der Waals surface area contributed by atoms with E-state index in [9.17, 15) is 33.6 Å². The van der Waals surface area contributed by atoms with Crippen molar-refractivity contribution in [1.82, 2.24) is 31.9 Å². The largest absolute Gasteiger partial charge is 0.370 e. The van der Waals surface area contributed by atoms with Gasteiger partial charge in [0.2, 0.25) is 35.4 Å². The van der Waals surface area contributed by atoms with Crippen molar-refractivity contribution in [2.45, 2.75) is 101 Å². The third kappa shape index (κ3) is 14.8. The molecule has 1 aliphatic heterocycles. The third-order valence-corrected chi connectivity index (χ3v) is 10.1. The van der Waals surface area contributed by atoms with E-state index in [4.69, 9.17) is 16.9 Å². The number of guanidine groups is 1. The van der Waals surface area contributed by atoms with Gasteiger partial charge in [-0.1, -0.05) is 86.7 Å². The van der Waals surface area contributed by atoms with Crippen LogP contribution in [0.2, 0.25) is 0 Å². The lowest BCUT2D eigenvalue weighted by atomic mass is 9.84. The van der Waals surface area contributed by atoms with Crippen LogP contribution in [-0.2, 0) is 35.2 Å². The van der Waals surface area contributed by atoms with Crippen molar-refractivity contribution in [3.8, 4) is 0 Å². The van der Waals surface area contributed by atoms with Crippen molar-refractivity contribution in [2.75, 3.05) is 13.1 Å². The molecule has 0 saturated heterocycles. The normalized spacial score (nSPS) is 22.1. The van der Waals surface area contributed by atoms with Gasteiger partial charge in [-0.25, -0.2) is 0 Å². The number of ketones is 1. The van der Waals surface area contributed by atoms with Gasteiger partial charge in [0.25, 0.3) is 0 Å². The SMILES string of the molecule is N=C(N)NCCC[C@@H]1NC(=O)C=CC(=O)N[C@H](C(N)=O)CCCCNC(=O)[C@@H](Cc2ccc(C(=O)c3ccccc3)cc2)NC(=O)[C@H](CC2CCCCC2)NC1=O. The number of hydrogen-bond donors (Lipinski definition) is 9. The van der Waals surface area contributed by atoms with Gasteiger partial charge in [0.15, 0.2) is 11.7 Å². The fourth-order valence-corrected chi connectivity index (χ4v) is 7.01. The molecule has 1 heterocycles. The number of nitrogens with two attached hydrogens (primary N) is 2. The second-order valence-corrected chi connectivity index (χ2v) is 14.6. The Morgan fingerprint density at radius 1 is 0.684 bits per heavy atom. The molecule has 2 aromatic rings. The summed E-state index contributed by atoms with van der Waals surface area (Å²) in [6, 6.07) is 11.3. The first-order valence-corrected chi connectivity index (χ1v) is 19.6. The van der Waals surface area contributed by atoms with Crippen molar-refractivity contribution in [2.24, 2.45) is 17.4 Å². The number of hydrogen-bond acceptors (Lipinski definition) is 8. The van der Waals surface area contributed by atoms with Crippen molar-refractivity contribution < 1.29 is 33.6 Å². The van der Waals surface area contributed by atoms with Gasteiger partial charge in [0.05, 0.1) is 0 Å². The Hall–Kier alpha value is -6.06. The Morgan fingerprint density at radius 3 is 1.96 bits per heavy atom. The highest BCUT2D eigenvalue weighted by Gasteiger charge is 2.32. The minimum absolute atomic E-state index is 0.0748. The van der Waals surface area contributed by atoms with Crippen LogP contribution in [0, 0.1) is 11.3 Å². The van der Waals surface area contributed by atoms with E-state index in [1.807, 2.05) is 6.07 Å². The number of rotatable bonds is 11. The van der Waals surface area contributed by atoms with E-state index in [0.29, 0.717) is 42.4 Å². The Labute approximate surface area is 332 Å². The molecule has 0 unspecified atom stereocenters. The predicted molar refractivity (Wildman–Crippen MR) is 213 cm³/mol. The molecule has 0 aromatic heterocycles. The second-order valence-electron chi connectivity index (χ2n) is 14.6. The zero-order chi connectivity index (χ0) is 41.2. The van der Waals surface area contributed by atoms with Crippen LogP contribution in [0.4, 0.5) is 0 Å². The highest BCUT2D eigenvalue weighted by atomic mass is 16.2. The molecule has 1 saturated carbocycles. The Morgan fingerprint density at radius 2 is 1.30 bits per heavy atom. The average Bonchev–Trinajstić information content (AvgIpc) is 3.20. The fraction of sp³-hybridized carbons (Fsp3) is 0.463. The fourth-order valence-electron chi connectivity index (χ4n) is 7.01. The maximum Gasteiger partial charge on any atom is 0.244 e. The van der Waals surface area contributed by atoms with Gasteiger partial charge in [-0.15, -0.1) is 0 Å². The summed E-state index contributed by atoms with van der Waals surface area (Å²) in [6.07, 6.45) is 8.46. The summed E-state index contributed by atoms with van der Waals surface area (Å²) in [7, 11) is 0. The van der Waals surface area contributed by atoms with E-state index < -0.39 is 59.6 Å². The van der Waals surface area contributed by atoms with Gasteiger partial charge in [-0.2, -0.15) is 0 Å². The van der Waals surface area contributed by atoms with Crippen LogP contribution in [0.1, 0.15) is 92.1 Å². The minimum Gasteiger partial charge on any atom is -0.370 e. The summed E-state index contributed by atoms with van der Waals surface area (Å²) in [4.78, 5) is 92.7. The maximum absolute atomic E-state index is 14.2. The molecular formula is C41H55N9O7. The van der Waals surface area contributed by atoms with E-state index in [1.54, 1.807) is 48.5 Å². The maximum atomic E-state index is 14.2. The van der Waals surface area contributed by atoms with Crippen molar-refractivity contribution in [1.29, 1.82) is 5.41 Å². The van der Waals surface area contributed by atoms with Crippen LogP contribution in [0.15, 0.2) is 66.7 Å². The molecule has 0 bridgehead atoms. The number of amides is 6. The third-order valence-electron chi connectivity index (χ3n) is 10.1. The molecule has 16 heteroatoms. The van der Waals surface area contributed by atoms with Crippen LogP contribution < -0.4 is 43.4 Å². The lowest BCUT2D eigenvalue weighted by molar-refractivity contribution is -0.133. The first-order valence-electron chi connectivity index (χ1n) is 19.6. The molecule has 2 aliphatic rings. The van der Waals surface area contributed by atoms with Crippen LogP contribution in [-0.4, -0.2) is 84.4 Å². The summed E-state index contributed by atoms with van der Waals surface area (Å²) in [6.45, 7) is 0.420. The zero-order valence-electron chi connectivity index (χ0n) is 32.1. The first kappa shape index (κ1) is 43.7. The molecule has 16 nitrogen and oxygen atoms in total. The molecule has 11 N–H and O–H groups in total. The molecule has 1 fully saturated rings. The van der Waals surface area contributed by atoms with E-state index in [2.05, 4.69) is 31.9 Å². The van der Waals surface area contributed by atoms with Gasteiger partial charge in [0.1, 0.15) is 24.2 Å². The van der Waals surface area contributed by atoms with Crippen molar-refractivity contribution >= 4 is 47.2 Å². The topological polar surface area (TPSA) is 268 Å². The number of carbonyl (C=O) groups excluding carboxylic acids is 7. The van der Waals surface area contributed by atoms with E-state index in [-0.39, 0.29) is 50.0 Å². The predicted octanol–water partition coefficient (Wildman–Crippen LogP) is 0.975. The molecule has 0 radical (unpaired) electrons. The number of nitrogens with one attached hydrogen (secondary N) is 7. The Kier molecular flexibility index (Phi) is 17.2. The number of benzene rings is 2. The summed E-state index contributed by atoms with van der Waals surface area (Å²) in [5, 5.41) is 23.8. The standard InChI is InChI=1S/C41H55N9O7/c42-37(54)30-14-7-8-22-45-38(55)32(25-27-16-18-29(19-17-27)36(53)28-12-5-2-6-13-28)49-40(57)33(24-26-10-3-1-4-11-26)50-39(56)31(15-9-23-46-41(43)44)48-35(52)21-20-34(51)47-30/h2,5-6,12-13,16-21,26,30-33H,1,3-4,7-11,14-15,22-25H2,(H2,42,54)(H,45,55)(H,47,51)(H,48,52)(H,49,57)(H,50,56)(H4,43,44,46)/t30-,31-,32+,33-/m0/s1. The molecule has 306 valence electrons. The highest BCUT2D eigenvalue weighted by molar-refractivity contribution is 6.09. The quantitative estimate of drug-likeness (QED) is 0.0679. The highest BCUT2D eigenvalue weighted by Crippen LogP contribution is 2.27. The smallest absolute Gasteiger partial charge is 0.244 e. The summed E-state index contributed by atoms with van der Waals surface area (Å²) in [5.41, 5.74) is 12.6. The van der Waals surface area contributed by atoms with Gasteiger partial charge in [0, 0.05) is 42.8 Å². The molecule has 0 spiro atoms. The van der Waals surface area contributed by atoms with Gasteiger partial charge < -0.3 is 43.4 Å². The Balaban J connectivity index is 1.62. The van der Waals surface area contributed by atoms with Gasteiger partial charge in [-0.3, -0.25) is 39.0 Å². The zero-order valence-corrected chi connectivity index (χ0v) is 32.1. The van der Waals surface area contributed by atoms with E-state index >= 15 is 0 Å². The van der Waals surface area contributed by atoms with Crippen LogP contribution in [0.25, 0.3) is 0 Å². The van der Waals surface area contributed by atoms with E-state index in [1.165, 1.54) is 0 Å². The monoisotopic (exact) mass is 785 g/mol. The first-order chi connectivity index (χ1) is 27.4. The van der Waals surface area contributed by atoms with Crippen molar-refractivity contribution in [3.05, 3.63) is 83.4 Å². The number of carbonyl (C=O) groups is 7. The average molecular weight is 786 g/mol. The number of primary amides is 1. The molecule has 4 rings (SSSR count). The molecule has 2 aromatic carbocycles. The minimum atomic E-state index is -1.15. The van der Waals surface area contributed by atoms with Crippen LogP contribution in [0.3, 0.4) is 0 Å². The summed E-state index contributed by atoms with van der Waals surface area (Å²) >= 11 is 0. The van der Waals surface area contributed by atoms with Gasteiger partial charge in [-0.05, 0) is 50.0 Å². The molecular weight excluding hydrogens is 731 g/mol. The molecule has 57 heavy (non-hydrogen) atoms. The molecule has 6 amide bonds. The van der Waals surface area contributed by atoms with E-state index in [0.717, 1.165) is 44.3 Å². The van der Waals surface area contributed by atoms with Crippen molar-refractivity contribution in [3.63, 3.8) is 0 Å². The lowest BCUT2D eigenvalue weighted by Crippen LogP contribution is -2.57. The van der Waals surface area contributed by atoms with Crippen LogP contribution >= 0.6 is 0 Å². The summed E-state index contributed by atoms with van der Waals surface area (Å²) < 4.78 is 0. The second kappa shape index (κ2) is 22.5. The summed E-state index contributed by atoms with van der Waals surface area (Å²) in [5.74, 6) is -4.25. The van der Waals surface area contributed by atoms with Gasteiger partial charge >= 0.3 is 0 Å².